The van der Waals surface area contributed by atoms with Crippen molar-refractivity contribution < 1.29 is 0 Å². The Balaban J connectivity index is 2.03. The van der Waals surface area contributed by atoms with Gasteiger partial charge in [-0.25, -0.2) is 0 Å². The topological polar surface area (TPSA) is 52.0 Å². The molecule has 0 radical (unpaired) electrons. The van der Waals surface area contributed by atoms with Crippen LogP contribution in [0, 0.1) is 0 Å². The van der Waals surface area contributed by atoms with Crippen LogP contribution in [0.2, 0.25) is 0 Å². The number of rotatable bonds is 3. The number of benzene rings is 1. The Bertz CT molecular complexity index is 307. The van der Waals surface area contributed by atoms with Crippen molar-refractivity contribution in [2.75, 3.05) is 0 Å². The highest BCUT2D eigenvalue weighted by atomic mass is 14.8. The molecule has 0 amide bonds. The molecule has 1 aliphatic rings. The van der Waals surface area contributed by atoms with Crippen LogP contribution in [0.5, 0.6) is 0 Å². The summed E-state index contributed by atoms with van der Waals surface area (Å²) < 4.78 is 0. The molecular weight excluding hydrogens is 172 g/mol. The van der Waals surface area contributed by atoms with Crippen molar-refractivity contribution in [2.24, 2.45) is 11.5 Å². The van der Waals surface area contributed by atoms with Crippen molar-refractivity contribution in [1.82, 2.24) is 0 Å². The summed E-state index contributed by atoms with van der Waals surface area (Å²) in [6.45, 7) is 0. The van der Waals surface area contributed by atoms with Gasteiger partial charge in [0.25, 0.3) is 0 Å². The van der Waals surface area contributed by atoms with E-state index in [1.54, 1.807) is 0 Å². The molecule has 2 rings (SSSR count). The van der Waals surface area contributed by atoms with Crippen molar-refractivity contribution in [2.45, 2.75) is 37.8 Å². The molecule has 76 valence electrons. The standard InChI is InChI=1S/C12H18N2/c13-12(14)8-7-10-6-5-9-3-1-2-4-11(9)10/h1-4,10,12H,5-8,13-14H2. The normalized spacial score (nSPS) is 20.1. The average Bonchev–Trinajstić information content (AvgIpc) is 2.58. The second kappa shape index (κ2) is 4.11. The van der Waals surface area contributed by atoms with Gasteiger partial charge in [-0.3, -0.25) is 0 Å². The maximum atomic E-state index is 5.57. The van der Waals surface area contributed by atoms with E-state index >= 15 is 0 Å². The van der Waals surface area contributed by atoms with Crippen LogP contribution >= 0.6 is 0 Å². The van der Waals surface area contributed by atoms with E-state index < -0.39 is 0 Å². The molecule has 0 fully saturated rings. The minimum Gasteiger partial charge on any atom is -0.316 e. The third-order valence-electron chi connectivity index (χ3n) is 3.11. The lowest BCUT2D eigenvalue weighted by Gasteiger charge is -2.12. The number of fused-ring (bicyclic) bond motifs is 1. The Morgan fingerprint density at radius 1 is 1.29 bits per heavy atom. The summed E-state index contributed by atoms with van der Waals surface area (Å²) >= 11 is 0. The van der Waals surface area contributed by atoms with Crippen LogP contribution in [0.3, 0.4) is 0 Å². The van der Waals surface area contributed by atoms with Crippen molar-refractivity contribution in [3.8, 4) is 0 Å². The summed E-state index contributed by atoms with van der Waals surface area (Å²) in [6.07, 6.45) is 4.41. The first kappa shape index (κ1) is 9.69. The smallest absolute Gasteiger partial charge is 0.0521 e. The lowest BCUT2D eigenvalue weighted by molar-refractivity contribution is 0.529. The number of nitrogens with two attached hydrogens (primary N) is 2. The molecule has 0 spiro atoms. The largest absolute Gasteiger partial charge is 0.316 e. The molecule has 4 N–H and O–H groups in total. The molecule has 0 saturated heterocycles. The zero-order valence-corrected chi connectivity index (χ0v) is 8.45. The minimum absolute atomic E-state index is 0.150. The van der Waals surface area contributed by atoms with Crippen LogP contribution in [0.4, 0.5) is 0 Å². The van der Waals surface area contributed by atoms with Gasteiger partial charge in [0, 0.05) is 0 Å². The second-order valence-corrected chi connectivity index (χ2v) is 4.18. The molecule has 2 nitrogen and oxygen atoms in total. The molecule has 0 bridgehead atoms. The van der Waals surface area contributed by atoms with E-state index in [9.17, 15) is 0 Å². The van der Waals surface area contributed by atoms with Gasteiger partial charge in [0.2, 0.25) is 0 Å². The molecule has 2 heteroatoms. The van der Waals surface area contributed by atoms with Crippen LogP contribution in [0.15, 0.2) is 24.3 Å². The summed E-state index contributed by atoms with van der Waals surface area (Å²) in [5, 5.41) is 0. The molecule has 1 atom stereocenters. The Kier molecular flexibility index (Phi) is 2.85. The molecule has 0 aliphatic heterocycles. The SMILES string of the molecule is NC(N)CCC1CCc2ccccc21. The molecular formula is C12H18N2. The third-order valence-corrected chi connectivity index (χ3v) is 3.11. The van der Waals surface area contributed by atoms with Crippen molar-refractivity contribution in [3.05, 3.63) is 35.4 Å². The first-order chi connectivity index (χ1) is 6.77. The van der Waals surface area contributed by atoms with Crippen molar-refractivity contribution >= 4 is 0 Å². The van der Waals surface area contributed by atoms with Gasteiger partial charge in [0.05, 0.1) is 6.17 Å². The summed E-state index contributed by atoms with van der Waals surface area (Å²) in [6, 6.07) is 8.72. The molecule has 0 heterocycles. The first-order valence-electron chi connectivity index (χ1n) is 5.36. The predicted octanol–water partition coefficient (Wildman–Crippen LogP) is 1.74. The highest BCUT2D eigenvalue weighted by Crippen LogP contribution is 2.35. The minimum atomic E-state index is -0.150. The quantitative estimate of drug-likeness (QED) is 0.713. The van der Waals surface area contributed by atoms with Crippen LogP contribution in [0.25, 0.3) is 0 Å². The summed E-state index contributed by atoms with van der Waals surface area (Å²) in [5.41, 5.74) is 14.2. The monoisotopic (exact) mass is 190 g/mol. The highest BCUT2D eigenvalue weighted by Gasteiger charge is 2.21. The van der Waals surface area contributed by atoms with Gasteiger partial charge in [0.1, 0.15) is 0 Å². The lowest BCUT2D eigenvalue weighted by Crippen LogP contribution is -2.30. The van der Waals surface area contributed by atoms with Gasteiger partial charge in [-0.1, -0.05) is 24.3 Å². The Labute approximate surface area is 85.3 Å². The zero-order valence-electron chi connectivity index (χ0n) is 8.45. The summed E-state index contributed by atoms with van der Waals surface area (Å²) in [4.78, 5) is 0. The lowest BCUT2D eigenvalue weighted by atomic mass is 9.96. The molecule has 0 aromatic heterocycles. The third kappa shape index (κ3) is 1.97. The van der Waals surface area contributed by atoms with Gasteiger partial charge in [0.15, 0.2) is 0 Å². The predicted molar refractivity (Wildman–Crippen MR) is 58.9 cm³/mol. The Morgan fingerprint density at radius 2 is 2.07 bits per heavy atom. The molecule has 1 aromatic carbocycles. The van der Waals surface area contributed by atoms with Crippen molar-refractivity contribution in [1.29, 1.82) is 0 Å². The highest BCUT2D eigenvalue weighted by molar-refractivity contribution is 5.34. The number of aryl methyl sites for hydroxylation is 1. The fraction of sp³-hybridized carbons (Fsp3) is 0.500. The number of hydrogen-bond donors (Lipinski definition) is 2. The van der Waals surface area contributed by atoms with E-state index in [-0.39, 0.29) is 6.17 Å². The zero-order chi connectivity index (χ0) is 9.97. The van der Waals surface area contributed by atoms with Crippen molar-refractivity contribution in [3.63, 3.8) is 0 Å². The summed E-state index contributed by atoms with van der Waals surface area (Å²) in [7, 11) is 0. The van der Waals surface area contributed by atoms with Gasteiger partial charge in [-0.2, -0.15) is 0 Å². The number of hydrogen-bond acceptors (Lipinski definition) is 2. The van der Waals surface area contributed by atoms with E-state index in [1.165, 1.54) is 24.0 Å². The molecule has 14 heavy (non-hydrogen) atoms. The van der Waals surface area contributed by atoms with Gasteiger partial charge in [-0.05, 0) is 42.7 Å². The van der Waals surface area contributed by atoms with E-state index in [0.717, 1.165) is 12.8 Å². The van der Waals surface area contributed by atoms with Crippen LogP contribution in [-0.2, 0) is 6.42 Å². The van der Waals surface area contributed by atoms with Gasteiger partial charge in [-0.15, -0.1) is 0 Å². The van der Waals surface area contributed by atoms with E-state index in [1.807, 2.05) is 0 Å². The van der Waals surface area contributed by atoms with Gasteiger partial charge < -0.3 is 11.5 Å². The van der Waals surface area contributed by atoms with Crippen LogP contribution in [0.1, 0.15) is 36.3 Å². The molecule has 1 aliphatic carbocycles. The Hall–Kier alpha value is -0.860. The fourth-order valence-corrected chi connectivity index (χ4v) is 2.34. The molecule has 1 aromatic rings. The van der Waals surface area contributed by atoms with E-state index in [4.69, 9.17) is 11.5 Å². The molecule has 0 saturated carbocycles. The van der Waals surface area contributed by atoms with Crippen LogP contribution in [-0.4, -0.2) is 6.17 Å². The van der Waals surface area contributed by atoms with E-state index in [0.29, 0.717) is 5.92 Å². The fourth-order valence-electron chi connectivity index (χ4n) is 2.34. The first-order valence-corrected chi connectivity index (χ1v) is 5.36. The Morgan fingerprint density at radius 3 is 2.86 bits per heavy atom. The van der Waals surface area contributed by atoms with Crippen LogP contribution < -0.4 is 11.5 Å². The van der Waals surface area contributed by atoms with Gasteiger partial charge >= 0.3 is 0 Å². The average molecular weight is 190 g/mol. The van der Waals surface area contributed by atoms with E-state index in [2.05, 4.69) is 24.3 Å². The second-order valence-electron chi connectivity index (χ2n) is 4.18. The molecule has 1 unspecified atom stereocenters. The summed E-state index contributed by atoms with van der Waals surface area (Å²) in [5.74, 6) is 0.695. The maximum absolute atomic E-state index is 5.57. The maximum Gasteiger partial charge on any atom is 0.0521 e.